The minimum atomic E-state index is -0.451. The predicted molar refractivity (Wildman–Crippen MR) is 110 cm³/mol. The van der Waals surface area contributed by atoms with Gasteiger partial charge in [0, 0.05) is 29.2 Å². The number of ether oxygens (including phenoxy) is 2. The van der Waals surface area contributed by atoms with E-state index in [-0.39, 0.29) is 16.7 Å². The number of thiazole rings is 1. The van der Waals surface area contributed by atoms with Gasteiger partial charge in [-0.05, 0) is 25.5 Å². The lowest BCUT2D eigenvalue weighted by molar-refractivity contribution is -0.135. The van der Waals surface area contributed by atoms with Crippen LogP contribution in [0.4, 0.5) is 5.13 Å². The van der Waals surface area contributed by atoms with Crippen molar-refractivity contribution in [1.29, 1.82) is 0 Å². The zero-order valence-electron chi connectivity index (χ0n) is 15.9. The molecular weight excluding hydrogens is 398 g/mol. The summed E-state index contributed by atoms with van der Waals surface area (Å²) in [5.74, 6) is 1.82. The first kappa shape index (κ1) is 19.1. The van der Waals surface area contributed by atoms with Crippen LogP contribution in [0.3, 0.4) is 0 Å². The van der Waals surface area contributed by atoms with E-state index in [0.29, 0.717) is 34.5 Å². The number of benzene rings is 1. The molecule has 2 saturated heterocycles. The molecule has 0 saturated carbocycles. The Morgan fingerprint density at radius 2 is 2.18 bits per heavy atom. The minimum Gasteiger partial charge on any atom is -0.497 e. The molecule has 1 aromatic carbocycles. The lowest BCUT2D eigenvalue weighted by atomic mass is 10.1. The fourth-order valence-electron chi connectivity index (χ4n) is 3.67. The Morgan fingerprint density at radius 1 is 1.36 bits per heavy atom. The molecule has 2 amide bonds. The summed E-state index contributed by atoms with van der Waals surface area (Å²) >= 11 is 3.02. The van der Waals surface area contributed by atoms with E-state index >= 15 is 0 Å². The van der Waals surface area contributed by atoms with Crippen LogP contribution >= 0.6 is 23.1 Å². The van der Waals surface area contributed by atoms with E-state index in [2.05, 4.69) is 10.3 Å². The molecule has 0 bridgehead atoms. The number of aromatic nitrogens is 1. The van der Waals surface area contributed by atoms with E-state index in [1.54, 1.807) is 36.9 Å². The lowest BCUT2D eigenvalue weighted by Gasteiger charge is -2.29. The van der Waals surface area contributed by atoms with Gasteiger partial charge in [-0.2, -0.15) is 0 Å². The molecule has 3 heterocycles. The number of nitrogens with one attached hydrogen (secondary N) is 1. The average Bonchev–Trinajstić information content (AvgIpc) is 3.37. The maximum atomic E-state index is 12.8. The summed E-state index contributed by atoms with van der Waals surface area (Å²) in [5, 5.41) is 5.25. The van der Waals surface area contributed by atoms with E-state index < -0.39 is 6.04 Å². The number of anilines is 1. The number of carbonyl (C=O) groups is 2. The second-order valence-electron chi connectivity index (χ2n) is 6.86. The number of rotatable bonds is 5. The van der Waals surface area contributed by atoms with Gasteiger partial charge in [-0.15, -0.1) is 23.1 Å². The first-order valence-corrected chi connectivity index (χ1v) is 10.8. The van der Waals surface area contributed by atoms with Gasteiger partial charge in [0.15, 0.2) is 5.13 Å². The van der Waals surface area contributed by atoms with Crippen LogP contribution in [0, 0.1) is 0 Å². The van der Waals surface area contributed by atoms with Crippen molar-refractivity contribution in [2.24, 2.45) is 0 Å². The van der Waals surface area contributed by atoms with Crippen LogP contribution in [0.5, 0.6) is 11.5 Å². The second-order valence-corrected chi connectivity index (χ2v) is 9.22. The van der Waals surface area contributed by atoms with Crippen LogP contribution < -0.4 is 14.8 Å². The largest absolute Gasteiger partial charge is 0.497 e. The molecule has 2 atom stereocenters. The highest BCUT2D eigenvalue weighted by Gasteiger charge is 2.52. The fraction of sp³-hybridized carbons (Fsp3) is 0.421. The van der Waals surface area contributed by atoms with Gasteiger partial charge in [0.1, 0.15) is 17.5 Å². The quantitative estimate of drug-likeness (QED) is 0.802. The number of nitrogens with zero attached hydrogens (tertiary/aromatic N) is 2. The van der Waals surface area contributed by atoms with Crippen molar-refractivity contribution in [3.63, 3.8) is 0 Å². The van der Waals surface area contributed by atoms with E-state index in [1.165, 1.54) is 11.3 Å². The third kappa shape index (κ3) is 3.22. The Morgan fingerprint density at radius 3 is 2.93 bits per heavy atom. The highest BCUT2D eigenvalue weighted by molar-refractivity contribution is 8.01. The normalized spacial score (nSPS) is 23.6. The second kappa shape index (κ2) is 7.29. The number of fused-ring (bicyclic) bond motifs is 1. The molecule has 148 valence electrons. The molecule has 0 aliphatic carbocycles. The fourth-order valence-corrected chi connectivity index (χ4v) is 5.81. The monoisotopic (exact) mass is 419 g/mol. The van der Waals surface area contributed by atoms with Crippen LogP contribution in [0.1, 0.15) is 19.8 Å². The topological polar surface area (TPSA) is 80.8 Å². The van der Waals surface area contributed by atoms with Gasteiger partial charge >= 0.3 is 0 Å². The molecule has 7 nitrogen and oxygen atoms in total. The molecule has 0 unspecified atom stereocenters. The third-order valence-corrected chi connectivity index (χ3v) is 7.43. The number of methoxy groups -OCH3 is 2. The number of carbonyl (C=O) groups excluding carboxylic acids is 2. The summed E-state index contributed by atoms with van der Waals surface area (Å²) in [6.07, 6.45) is 1.30. The van der Waals surface area contributed by atoms with Crippen molar-refractivity contribution in [2.45, 2.75) is 30.7 Å². The molecule has 0 spiro atoms. The van der Waals surface area contributed by atoms with Gasteiger partial charge in [-0.25, -0.2) is 4.98 Å². The Kier molecular flexibility index (Phi) is 4.96. The predicted octanol–water partition coefficient (Wildman–Crippen LogP) is 3.22. The van der Waals surface area contributed by atoms with Gasteiger partial charge in [0.2, 0.25) is 11.8 Å². The first-order valence-electron chi connectivity index (χ1n) is 8.90. The smallest absolute Gasteiger partial charge is 0.249 e. The van der Waals surface area contributed by atoms with Gasteiger partial charge in [-0.1, -0.05) is 0 Å². The molecule has 4 rings (SSSR count). The minimum absolute atomic E-state index is 0.0513. The van der Waals surface area contributed by atoms with Crippen molar-refractivity contribution in [2.75, 3.05) is 25.3 Å². The molecular formula is C19H21N3O4S2. The summed E-state index contributed by atoms with van der Waals surface area (Å²) < 4.78 is 10.7. The molecule has 2 fully saturated rings. The standard InChI is InChI=1S/C19H21N3O4S2/c1-19-7-6-16(23)22(19)14(10-28-19)17(24)21-18-20-13(9-27-18)12-5-4-11(25-2)8-15(12)26-3/h4-5,8-9,14H,6-7,10H2,1-3H3,(H,20,21,24)/t14-,19-/m1/s1. The average molecular weight is 420 g/mol. The molecule has 0 radical (unpaired) electrons. The van der Waals surface area contributed by atoms with Gasteiger partial charge in [0.25, 0.3) is 0 Å². The molecule has 2 aliphatic heterocycles. The maximum absolute atomic E-state index is 12.8. The zero-order chi connectivity index (χ0) is 19.9. The molecule has 1 N–H and O–H groups in total. The van der Waals surface area contributed by atoms with E-state index in [1.807, 2.05) is 24.4 Å². The molecule has 2 aromatic rings. The number of hydrogen-bond donors (Lipinski definition) is 1. The number of amides is 2. The van der Waals surface area contributed by atoms with Crippen molar-refractivity contribution in [3.05, 3.63) is 23.6 Å². The zero-order valence-corrected chi connectivity index (χ0v) is 17.5. The third-order valence-electron chi connectivity index (χ3n) is 5.17. The van der Waals surface area contributed by atoms with Gasteiger partial charge in [0.05, 0.1) is 24.8 Å². The van der Waals surface area contributed by atoms with Gasteiger partial charge in [-0.3, -0.25) is 9.59 Å². The summed E-state index contributed by atoms with van der Waals surface area (Å²) in [7, 11) is 3.19. The van der Waals surface area contributed by atoms with E-state index in [0.717, 1.165) is 12.0 Å². The Hall–Kier alpha value is -2.26. The SMILES string of the molecule is COc1ccc(-c2csc(NC(=O)[C@H]3CS[C@]4(C)CCC(=O)N34)n2)c(OC)c1. The maximum Gasteiger partial charge on any atom is 0.249 e. The summed E-state index contributed by atoms with van der Waals surface area (Å²) in [6, 6.07) is 5.06. The Balaban J connectivity index is 1.51. The van der Waals surface area contributed by atoms with Crippen LogP contribution in [0.2, 0.25) is 0 Å². The highest BCUT2D eigenvalue weighted by Crippen LogP contribution is 2.47. The lowest BCUT2D eigenvalue weighted by Crippen LogP contribution is -2.48. The van der Waals surface area contributed by atoms with Crippen molar-refractivity contribution in [3.8, 4) is 22.8 Å². The van der Waals surface area contributed by atoms with E-state index in [9.17, 15) is 9.59 Å². The molecule has 9 heteroatoms. The summed E-state index contributed by atoms with van der Waals surface area (Å²) in [5.41, 5.74) is 1.53. The van der Waals surface area contributed by atoms with Crippen molar-refractivity contribution < 1.29 is 19.1 Å². The number of thioether (sulfide) groups is 1. The van der Waals surface area contributed by atoms with Crippen LogP contribution in [0.25, 0.3) is 11.3 Å². The van der Waals surface area contributed by atoms with Gasteiger partial charge < -0.3 is 19.7 Å². The van der Waals surface area contributed by atoms with E-state index in [4.69, 9.17) is 9.47 Å². The summed E-state index contributed by atoms with van der Waals surface area (Å²) in [6.45, 7) is 2.04. The van der Waals surface area contributed by atoms with Crippen LogP contribution in [0.15, 0.2) is 23.6 Å². The highest BCUT2D eigenvalue weighted by atomic mass is 32.2. The van der Waals surface area contributed by atoms with Crippen LogP contribution in [-0.2, 0) is 9.59 Å². The Labute approximate surface area is 171 Å². The summed E-state index contributed by atoms with van der Waals surface area (Å²) in [4.78, 5) is 31.1. The number of hydrogen-bond acceptors (Lipinski definition) is 7. The Bertz CT molecular complexity index is 932. The first-order chi connectivity index (χ1) is 13.4. The van der Waals surface area contributed by atoms with Crippen molar-refractivity contribution >= 4 is 40.0 Å². The van der Waals surface area contributed by atoms with Crippen molar-refractivity contribution in [1.82, 2.24) is 9.88 Å². The molecule has 2 aliphatic rings. The molecule has 1 aromatic heterocycles. The molecule has 28 heavy (non-hydrogen) atoms. The van der Waals surface area contributed by atoms with Crippen LogP contribution in [-0.4, -0.2) is 52.6 Å².